The standard InChI is InChI=1S/C12H11NO5/c14-7-10(15)12-6-5-11(18-12)8-1-3-9(4-2-8)13(16)17/h1-6,10,14-15H,7H2/t10-/m0/s1. The third-order valence-corrected chi connectivity index (χ3v) is 2.49. The molecule has 1 aromatic carbocycles. The fourth-order valence-electron chi connectivity index (χ4n) is 1.52. The minimum Gasteiger partial charge on any atom is -0.458 e. The van der Waals surface area contributed by atoms with E-state index < -0.39 is 17.6 Å². The molecule has 2 N–H and O–H groups in total. The second kappa shape index (κ2) is 4.99. The first-order valence-corrected chi connectivity index (χ1v) is 5.25. The lowest BCUT2D eigenvalue weighted by Gasteiger charge is -2.02. The van der Waals surface area contributed by atoms with Gasteiger partial charge in [0.15, 0.2) is 0 Å². The molecule has 0 unspecified atom stereocenters. The minimum atomic E-state index is -1.06. The summed E-state index contributed by atoms with van der Waals surface area (Å²) in [6, 6.07) is 9.06. The Morgan fingerprint density at radius 3 is 2.44 bits per heavy atom. The lowest BCUT2D eigenvalue weighted by Crippen LogP contribution is -1.99. The van der Waals surface area contributed by atoms with Gasteiger partial charge in [-0.1, -0.05) is 0 Å². The number of rotatable bonds is 4. The molecule has 0 bridgehead atoms. The van der Waals surface area contributed by atoms with Crippen LogP contribution >= 0.6 is 0 Å². The predicted molar refractivity (Wildman–Crippen MR) is 62.8 cm³/mol. The summed E-state index contributed by atoms with van der Waals surface area (Å²) in [5.41, 5.74) is 0.665. The van der Waals surface area contributed by atoms with Crippen molar-refractivity contribution in [3.8, 4) is 11.3 Å². The maximum Gasteiger partial charge on any atom is 0.269 e. The molecule has 0 aliphatic rings. The van der Waals surface area contributed by atoms with Gasteiger partial charge in [0.1, 0.15) is 17.6 Å². The molecule has 0 fully saturated rings. The van der Waals surface area contributed by atoms with Gasteiger partial charge in [-0.3, -0.25) is 10.1 Å². The number of furan rings is 1. The van der Waals surface area contributed by atoms with Crippen LogP contribution < -0.4 is 0 Å². The zero-order valence-electron chi connectivity index (χ0n) is 9.31. The molecule has 0 saturated heterocycles. The van der Waals surface area contributed by atoms with Gasteiger partial charge in [-0.2, -0.15) is 0 Å². The number of aliphatic hydroxyl groups excluding tert-OH is 2. The van der Waals surface area contributed by atoms with Gasteiger partial charge in [-0.05, 0) is 24.3 Å². The highest BCUT2D eigenvalue weighted by Crippen LogP contribution is 2.26. The summed E-state index contributed by atoms with van der Waals surface area (Å²) in [7, 11) is 0. The van der Waals surface area contributed by atoms with Crippen LogP contribution in [0.5, 0.6) is 0 Å². The molecule has 0 aliphatic carbocycles. The molecule has 6 heteroatoms. The summed E-state index contributed by atoms with van der Waals surface area (Å²) >= 11 is 0. The molecule has 0 radical (unpaired) electrons. The summed E-state index contributed by atoms with van der Waals surface area (Å²) in [5.74, 6) is 0.734. The maximum atomic E-state index is 10.5. The van der Waals surface area contributed by atoms with Crippen molar-refractivity contribution in [3.05, 3.63) is 52.3 Å². The van der Waals surface area contributed by atoms with Crippen molar-refractivity contribution < 1.29 is 19.6 Å². The Labute approximate surface area is 102 Å². The predicted octanol–water partition coefficient (Wildman–Crippen LogP) is 1.88. The van der Waals surface area contributed by atoms with Crippen LogP contribution in [0.2, 0.25) is 0 Å². The largest absolute Gasteiger partial charge is 0.458 e. The first-order chi connectivity index (χ1) is 8.61. The highest BCUT2D eigenvalue weighted by atomic mass is 16.6. The van der Waals surface area contributed by atoms with Gasteiger partial charge < -0.3 is 14.6 Å². The van der Waals surface area contributed by atoms with Gasteiger partial charge in [0.25, 0.3) is 5.69 Å². The first kappa shape index (κ1) is 12.3. The van der Waals surface area contributed by atoms with E-state index in [1.54, 1.807) is 24.3 Å². The second-order valence-corrected chi connectivity index (χ2v) is 3.70. The Bertz CT molecular complexity index is 546. The average Bonchev–Trinajstić information content (AvgIpc) is 2.87. The molecule has 0 amide bonds. The quantitative estimate of drug-likeness (QED) is 0.637. The number of benzene rings is 1. The van der Waals surface area contributed by atoms with Crippen LogP contribution in [0.3, 0.4) is 0 Å². The number of nitrogens with zero attached hydrogens (tertiary/aromatic N) is 1. The molecule has 18 heavy (non-hydrogen) atoms. The Morgan fingerprint density at radius 1 is 1.22 bits per heavy atom. The minimum absolute atomic E-state index is 0.000854. The lowest BCUT2D eigenvalue weighted by molar-refractivity contribution is -0.384. The molecule has 94 valence electrons. The van der Waals surface area contributed by atoms with E-state index in [1.165, 1.54) is 12.1 Å². The van der Waals surface area contributed by atoms with Gasteiger partial charge in [0, 0.05) is 17.7 Å². The van der Waals surface area contributed by atoms with Crippen LogP contribution in [0.4, 0.5) is 5.69 Å². The highest BCUT2D eigenvalue weighted by molar-refractivity contribution is 5.59. The average molecular weight is 249 g/mol. The first-order valence-electron chi connectivity index (χ1n) is 5.25. The number of aliphatic hydroxyl groups is 2. The Kier molecular flexibility index (Phi) is 3.40. The van der Waals surface area contributed by atoms with Crippen molar-refractivity contribution in [2.24, 2.45) is 0 Å². The SMILES string of the molecule is O=[N+]([O-])c1ccc(-c2ccc([C@@H](O)CO)o2)cc1. The molecule has 0 saturated carbocycles. The molecule has 0 spiro atoms. The summed E-state index contributed by atoms with van der Waals surface area (Å²) in [6.07, 6.45) is -1.06. The third kappa shape index (κ3) is 2.39. The number of nitro groups is 1. The normalized spacial score (nSPS) is 12.3. The molecule has 1 heterocycles. The van der Waals surface area contributed by atoms with Crippen LogP contribution in [0, 0.1) is 10.1 Å². The summed E-state index contributed by atoms with van der Waals surface area (Å²) in [6.45, 7) is -0.423. The van der Waals surface area contributed by atoms with Gasteiger partial charge in [0.05, 0.1) is 11.5 Å². The highest BCUT2D eigenvalue weighted by Gasteiger charge is 2.13. The van der Waals surface area contributed by atoms with Crippen molar-refractivity contribution in [1.29, 1.82) is 0 Å². The molecule has 2 rings (SSSR count). The Morgan fingerprint density at radius 2 is 1.89 bits per heavy atom. The van der Waals surface area contributed by atoms with Crippen LogP contribution in [0.1, 0.15) is 11.9 Å². The van der Waals surface area contributed by atoms with Crippen LogP contribution in [-0.4, -0.2) is 21.7 Å². The zero-order chi connectivity index (χ0) is 13.1. The number of non-ortho nitro benzene ring substituents is 1. The van der Waals surface area contributed by atoms with Crippen molar-refractivity contribution in [2.45, 2.75) is 6.10 Å². The van der Waals surface area contributed by atoms with E-state index in [-0.39, 0.29) is 11.4 Å². The smallest absolute Gasteiger partial charge is 0.269 e. The van der Waals surface area contributed by atoms with Gasteiger partial charge in [-0.15, -0.1) is 0 Å². The van der Waals surface area contributed by atoms with Gasteiger partial charge in [0.2, 0.25) is 0 Å². The second-order valence-electron chi connectivity index (χ2n) is 3.70. The molecule has 1 atom stereocenters. The van der Waals surface area contributed by atoms with Crippen molar-refractivity contribution in [2.75, 3.05) is 6.61 Å². The molecular formula is C12H11NO5. The fraction of sp³-hybridized carbons (Fsp3) is 0.167. The van der Waals surface area contributed by atoms with E-state index in [9.17, 15) is 15.2 Å². The Hall–Kier alpha value is -2.18. The number of hydrogen-bond acceptors (Lipinski definition) is 5. The molecular weight excluding hydrogens is 238 g/mol. The fourth-order valence-corrected chi connectivity index (χ4v) is 1.52. The lowest BCUT2D eigenvalue weighted by atomic mass is 10.1. The van der Waals surface area contributed by atoms with E-state index in [4.69, 9.17) is 9.52 Å². The molecule has 6 nitrogen and oxygen atoms in total. The van der Waals surface area contributed by atoms with E-state index in [2.05, 4.69) is 0 Å². The topological polar surface area (TPSA) is 96.7 Å². The number of nitro benzene ring substituents is 1. The monoisotopic (exact) mass is 249 g/mol. The summed E-state index contributed by atoms with van der Waals surface area (Å²) in [5, 5.41) is 28.7. The van der Waals surface area contributed by atoms with E-state index >= 15 is 0 Å². The molecule has 2 aromatic rings. The molecule has 0 aliphatic heterocycles. The van der Waals surface area contributed by atoms with Gasteiger partial charge >= 0.3 is 0 Å². The van der Waals surface area contributed by atoms with Crippen molar-refractivity contribution in [3.63, 3.8) is 0 Å². The van der Waals surface area contributed by atoms with Gasteiger partial charge in [-0.25, -0.2) is 0 Å². The summed E-state index contributed by atoms with van der Waals surface area (Å²) in [4.78, 5) is 10.0. The van der Waals surface area contributed by atoms with Crippen molar-refractivity contribution in [1.82, 2.24) is 0 Å². The maximum absolute atomic E-state index is 10.5. The van der Waals surface area contributed by atoms with Crippen LogP contribution in [0.25, 0.3) is 11.3 Å². The van der Waals surface area contributed by atoms with Crippen LogP contribution in [0.15, 0.2) is 40.8 Å². The van der Waals surface area contributed by atoms with E-state index in [1.807, 2.05) is 0 Å². The summed E-state index contributed by atoms with van der Waals surface area (Å²) < 4.78 is 5.34. The van der Waals surface area contributed by atoms with Crippen LogP contribution in [-0.2, 0) is 0 Å². The van der Waals surface area contributed by atoms with E-state index in [0.29, 0.717) is 11.3 Å². The zero-order valence-corrected chi connectivity index (χ0v) is 9.31. The van der Waals surface area contributed by atoms with Crippen molar-refractivity contribution >= 4 is 5.69 Å². The molecule has 1 aromatic heterocycles. The number of hydrogen-bond donors (Lipinski definition) is 2. The third-order valence-electron chi connectivity index (χ3n) is 2.49. The Balaban J connectivity index is 2.26. The van der Waals surface area contributed by atoms with E-state index in [0.717, 1.165) is 0 Å².